The summed E-state index contributed by atoms with van der Waals surface area (Å²) in [7, 11) is 0. The third-order valence-corrected chi connectivity index (χ3v) is 22.5. The first kappa shape index (κ1) is 17.7. The molecule has 0 bridgehead atoms. The van der Waals surface area contributed by atoms with E-state index in [1.807, 2.05) is 11.8 Å². The first-order valence-electron chi connectivity index (χ1n) is 8.14. The van der Waals surface area contributed by atoms with E-state index in [-0.39, 0.29) is 0 Å². The minimum atomic E-state index is -3.35. The van der Waals surface area contributed by atoms with E-state index < -0.39 is 18.4 Å². The Morgan fingerprint density at radius 2 is 1.04 bits per heavy atom. The Bertz CT molecular complexity index is 689. The zero-order valence-electron chi connectivity index (χ0n) is 13.7. The van der Waals surface area contributed by atoms with Gasteiger partial charge in [0.25, 0.3) is 0 Å². The third-order valence-electron chi connectivity index (χ3n) is 4.20. The van der Waals surface area contributed by atoms with Crippen molar-refractivity contribution in [1.29, 1.82) is 0 Å². The number of thioether (sulfide) groups is 1. The number of thiocarbonyl (C=S) groups is 1. The van der Waals surface area contributed by atoms with Gasteiger partial charge in [0.05, 0.1) is 0 Å². The summed E-state index contributed by atoms with van der Waals surface area (Å²) in [5, 5.41) is 0. The standard InChI is InChI=1S/3C6H5.C3H5S2.Sn/c3*1-2-4-6-5-3-1;1-2-5-3-4;/h3*1-5H;2H2,1H3;. The monoisotopic (exact) mass is 456 g/mol. The fourth-order valence-corrected chi connectivity index (χ4v) is 22.6. The Balaban J connectivity index is 2.35. The van der Waals surface area contributed by atoms with E-state index in [0.29, 0.717) is 0 Å². The molecule has 0 heterocycles. The van der Waals surface area contributed by atoms with Crippen LogP contribution < -0.4 is 10.7 Å². The Kier molecular flexibility index (Phi) is 6.14. The van der Waals surface area contributed by atoms with Crippen molar-refractivity contribution >= 4 is 55.3 Å². The fourth-order valence-electron chi connectivity index (χ4n) is 3.16. The molecule has 0 fully saturated rings. The quantitative estimate of drug-likeness (QED) is 0.425. The summed E-state index contributed by atoms with van der Waals surface area (Å²) < 4.78 is 5.48. The van der Waals surface area contributed by atoms with Crippen molar-refractivity contribution in [3.8, 4) is 0 Å². The van der Waals surface area contributed by atoms with Gasteiger partial charge in [-0.1, -0.05) is 0 Å². The van der Waals surface area contributed by atoms with Crippen molar-refractivity contribution in [2.75, 3.05) is 5.75 Å². The zero-order valence-corrected chi connectivity index (χ0v) is 18.2. The second kappa shape index (κ2) is 8.32. The van der Waals surface area contributed by atoms with Crippen molar-refractivity contribution < 1.29 is 0 Å². The molecule has 0 aliphatic rings. The van der Waals surface area contributed by atoms with Crippen LogP contribution in [-0.4, -0.2) is 26.3 Å². The molecule has 0 unspecified atom stereocenters. The van der Waals surface area contributed by atoms with E-state index in [4.69, 9.17) is 12.2 Å². The summed E-state index contributed by atoms with van der Waals surface area (Å²) in [4.78, 5) is 0. The summed E-state index contributed by atoms with van der Waals surface area (Å²) in [6, 6.07) is 32.8. The number of hydrogen-bond acceptors (Lipinski definition) is 2. The van der Waals surface area contributed by atoms with Crippen molar-refractivity contribution in [2.45, 2.75) is 6.92 Å². The average molecular weight is 455 g/mol. The second-order valence-electron chi connectivity index (χ2n) is 5.57. The first-order chi connectivity index (χ1) is 11.8. The van der Waals surface area contributed by atoms with Crippen LogP contribution >= 0.6 is 24.0 Å². The van der Waals surface area contributed by atoms with Crippen LogP contribution in [0.15, 0.2) is 91.0 Å². The normalized spacial score (nSPS) is 11.2. The molecule has 0 spiro atoms. The summed E-state index contributed by atoms with van der Waals surface area (Å²) >= 11 is 4.59. The topological polar surface area (TPSA) is 0 Å². The van der Waals surface area contributed by atoms with Gasteiger partial charge in [0, 0.05) is 0 Å². The SMILES string of the molecule is CCS[C](=S)[Sn]([c]1ccccc1)([c]1ccccc1)[c]1ccccc1. The number of rotatable bonds is 5. The summed E-state index contributed by atoms with van der Waals surface area (Å²) in [6.07, 6.45) is 0. The van der Waals surface area contributed by atoms with Crippen LogP contribution in [0, 0.1) is 0 Å². The van der Waals surface area contributed by atoms with Gasteiger partial charge in [0.2, 0.25) is 0 Å². The molecule has 0 aromatic heterocycles. The van der Waals surface area contributed by atoms with Crippen LogP contribution in [0.4, 0.5) is 0 Å². The molecule has 3 rings (SSSR count). The molecular weight excluding hydrogens is 435 g/mol. The third kappa shape index (κ3) is 3.32. The minimum absolute atomic E-state index is 1.02. The van der Waals surface area contributed by atoms with Crippen LogP contribution in [0.1, 0.15) is 6.92 Å². The van der Waals surface area contributed by atoms with Gasteiger partial charge < -0.3 is 0 Å². The van der Waals surface area contributed by atoms with Gasteiger partial charge in [-0.3, -0.25) is 0 Å². The second-order valence-corrected chi connectivity index (χ2v) is 20.2. The van der Waals surface area contributed by atoms with Gasteiger partial charge >= 0.3 is 159 Å². The van der Waals surface area contributed by atoms with E-state index in [1.54, 1.807) is 0 Å². The molecule has 0 saturated carbocycles. The Hall–Kier alpha value is -1.10. The molecule has 120 valence electrons. The van der Waals surface area contributed by atoms with Gasteiger partial charge in [-0.2, -0.15) is 0 Å². The van der Waals surface area contributed by atoms with E-state index in [9.17, 15) is 0 Å². The van der Waals surface area contributed by atoms with Gasteiger partial charge in [0.1, 0.15) is 0 Å². The summed E-state index contributed by atoms with van der Waals surface area (Å²) in [6.45, 7) is 2.19. The van der Waals surface area contributed by atoms with E-state index >= 15 is 0 Å². The van der Waals surface area contributed by atoms with Crippen molar-refractivity contribution in [2.24, 2.45) is 0 Å². The molecule has 0 saturated heterocycles. The number of benzene rings is 3. The molecule has 0 aliphatic heterocycles. The van der Waals surface area contributed by atoms with Crippen LogP contribution in [0.3, 0.4) is 0 Å². The van der Waals surface area contributed by atoms with Crippen LogP contribution in [-0.2, 0) is 0 Å². The van der Waals surface area contributed by atoms with Crippen LogP contribution in [0.5, 0.6) is 0 Å². The van der Waals surface area contributed by atoms with Gasteiger partial charge in [-0.05, 0) is 0 Å². The average Bonchev–Trinajstić information content (AvgIpc) is 2.65. The molecule has 0 N–H and O–H groups in total. The molecule has 0 radical (unpaired) electrons. The Morgan fingerprint density at radius 1 is 0.708 bits per heavy atom. The maximum atomic E-state index is 6.09. The predicted molar refractivity (Wildman–Crippen MR) is 115 cm³/mol. The van der Waals surface area contributed by atoms with Crippen molar-refractivity contribution in [1.82, 2.24) is 0 Å². The van der Waals surface area contributed by atoms with E-state index in [0.717, 1.165) is 5.75 Å². The van der Waals surface area contributed by atoms with E-state index in [2.05, 4.69) is 97.9 Å². The molecule has 3 aromatic carbocycles. The van der Waals surface area contributed by atoms with Gasteiger partial charge in [0.15, 0.2) is 0 Å². The van der Waals surface area contributed by atoms with Crippen LogP contribution in [0.2, 0.25) is 0 Å². The summed E-state index contributed by atoms with van der Waals surface area (Å²) in [5.74, 6) is 1.02. The number of hydrogen-bond donors (Lipinski definition) is 0. The first-order valence-corrected chi connectivity index (χ1v) is 15.2. The molecule has 0 amide bonds. The van der Waals surface area contributed by atoms with Gasteiger partial charge in [-0.25, -0.2) is 0 Å². The molecule has 0 aliphatic carbocycles. The molecular formula is C21H20S2Sn. The Morgan fingerprint density at radius 3 is 1.33 bits per heavy atom. The molecule has 24 heavy (non-hydrogen) atoms. The van der Waals surface area contributed by atoms with Gasteiger partial charge in [-0.15, -0.1) is 0 Å². The molecule has 3 heteroatoms. The maximum absolute atomic E-state index is 6.09. The Labute approximate surface area is 158 Å². The molecule has 0 nitrogen and oxygen atoms in total. The molecule has 0 atom stereocenters. The molecule has 3 aromatic rings. The summed E-state index contributed by atoms with van der Waals surface area (Å²) in [5.41, 5.74) is 0. The van der Waals surface area contributed by atoms with Crippen molar-refractivity contribution in [3.63, 3.8) is 0 Å². The fraction of sp³-hybridized carbons (Fsp3) is 0.0952. The predicted octanol–water partition coefficient (Wildman–Crippen LogP) is 3.78. The zero-order chi connectivity index (χ0) is 16.8. The van der Waals surface area contributed by atoms with Crippen LogP contribution in [0.25, 0.3) is 0 Å². The van der Waals surface area contributed by atoms with E-state index in [1.165, 1.54) is 13.0 Å². The van der Waals surface area contributed by atoms with Crippen molar-refractivity contribution in [3.05, 3.63) is 91.0 Å².